The Morgan fingerprint density at radius 1 is 0.903 bits per heavy atom. The van der Waals surface area contributed by atoms with Gasteiger partial charge in [-0.3, -0.25) is 15.1 Å². The van der Waals surface area contributed by atoms with Gasteiger partial charge in [-0.15, -0.1) is 11.3 Å². The van der Waals surface area contributed by atoms with Gasteiger partial charge in [0.25, 0.3) is 0 Å². The van der Waals surface area contributed by atoms with Crippen LogP contribution in [0.4, 0.5) is 46.8 Å². The van der Waals surface area contributed by atoms with E-state index in [4.69, 9.17) is 14.2 Å². The van der Waals surface area contributed by atoms with Crippen LogP contribution in [0, 0.1) is 18.6 Å². The van der Waals surface area contributed by atoms with Crippen LogP contribution in [-0.4, -0.2) is 101 Å². The third-order valence-corrected chi connectivity index (χ3v) is 12.4. The molecule has 8 rings (SSSR count). The Morgan fingerprint density at radius 3 is 2.13 bits per heavy atom. The number of nitrogens with one attached hydrogen (secondary N) is 1. The number of nitrogens with zero attached hydrogens (tertiary/aromatic N) is 5. The fraction of sp³-hybridized carbons (Fsp3) is 0.591. The summed E-state index contributed by atoms with van der Waals surface area (Å²) in [4.78, 5) is 39.9. The largest absolute Gasteiger partial charge is 0.467 e. The number of halogens is 6. The highest BCUT2D eigenvalue weighted by Gasteiger charge is 2.46. The molecule has 340 valence electrons. The summed E-state index contributed by atoms with van der Waals surface area (Å²) in [6.07, 6.45) is -2.31. The Bertz CT molecular complexity index is 2280. The van der Waals surface area contributed by atoms with Crippen molar-refractivity contribution < 1.29 is 50.1 Å². The number of carbonyl (C=O) groups is 2. The van der Waals surface area contributed by atoms with Gasteiger partial charge in [0.15, 0.2) is 5.82 Å². The van der Waals surface area contributed by atoms with Gasteiger partial charge < -0.3 is 19.1 Å². The van der Waals surface area contributed by atoms with E-state index in [9.17, 15) is 14.0 Å². The van der Waals surface area contributed by atoms with Crippen LogP contribution in [0.15, 0.2) is 18.2 Å². The van der Waals surface area contributed by atoms with E-state index in [1.165, 1.54) is 26.9 Å². The average molecular weight is 895 g/mol. The van der Waals surface area contributed by atoms with Crippen molar-refractivity contribution in [2.24, 2.45) is 0 Å². The SMILES string of the molecule is CC.COc1nc(N2CC3CCC(C2)N3C(=O)OC(C)(C)C)c2cc(C(F)(F)F)c(-c3ccc(F)c4sc(NC(=O)OC(C)(C)C)c(C)c34)c(F)c2n1.FC1CC2CCCN2C1. The third-order valence-electron chi connectivity index (χ3n) is 11.1. The number of ether oxygens (including phenoxy) is 3. The molecule has 0 radical (unpaired) electrons. The highest BCUT2D eigenvalue weighted by molar-refractivity contribution is 7.23. The van der Waals surface area contributed by atoms with Crippen LogP contribution in [0.1, 0.15) is 98.6 Å². The highest BCUT2D eigenvalue weighted by Crippen LogP contribution is 2.49. The van der Waals surface area contributed by atoms with Crippen molar-refractivity contribution in [3.63, 3.8) is 0 Å². The Labute approximate surface area is 362 Å². The molecule has 6 heterocycles. The second-order valence-corrected chi connectivity index (χ2v) is 18.8. The number of benzene rings is 2. The molecule has 1 N–H and O–H groups in total. The number of alkyl halides is 4. The number of amides is 2. The lowest BCUT2D eigenvalue weighted by molar-refractivity contribution is -0.137. The standard InChI is InChI=1S/C35H38F5N5O5S.C7H12FN.C2H6/c1-16-23-19(11-12-22(36)27(23)51-29(16)43-31(46)49-33(2,3)4)24-21(35(38,39)40)13-20-26(25(24)37)41-30(48-8)42-28(20)44-14-17-9-10-18(15-44)45(17)32(47)50-34(5,6)7;8-6-4-7-2-1-3-9(7)5-6;1-2/h11-13,17-18H,9-10,14-15H2,1-8H3,(H,43,46);6-7H,1-5H2;1-2H3. The van der Waals surface area contributed by atoms with Gasteiger partial charge in [-0.25, -0.2) is 22.8 Å². The zero-order chi connectivity index (χ0) is 45.6. The molecule has 4 fully saturated rings. The van der Waals surface area contributed by atoms with E-state index < -0.39 is 64.0 Å². The number of aromatic nitrogens is 2. The third kappa shape index (κ3) is 9.80. The number of thiophene rings is 1. The number of hydrogen-bond donors (Lipinski definition) is 1. The number of carbonyl (C=O) groups excluding carboxylic acids is 2. The van der Waals surface area contributed by atoms with Crippen molar-refractivity contribution in [1.82, 2.24) is 19.8 Å². The van der Waals surface area contributed by atoms with Gasteiger partial charge in [0, 0.05) is 42.0 Å². The first-order chi connectivity index (χ1) is 29.0. The van der Waals surface area contributed by atoms with Crippen LogP contribution in [0.2, 0.25) is 0 Å². The summed E-state index contributed by atoms with van der Waals surface area (Å²) >= 11 is 0.795. The van der Waals surface area contributed by atoms with Crippen molar-refractivity contribution in [2.75, 3.05) is 43.5 Å². The van der Waals surface area contributed by atoms with Gasteiger partial charge in [0.2, 0.25) is 0 Å². The molecule has 11 nitrogen and oxygen atoms in total. The van der Waals surface area contributed by atoms with Crippen LogP contribution < -0.4 is 15.0 Å². The van der Waals surface area contributed by atoms with Gasteiger partial charge >= 0.3 is 24.4 Å². The summed E-state index contributed by atoms with van der Waals surface area (Å²) in [5.74, 6) is -2.05. The lowest BCUT2D eigenvalue weighted by atomic mass is 9.92. The smallest absolute Gasteiger partial charge is 0.417 e. The van der Waals surface area contributed by atoms with E-state index in [1.807, 2.05) is 13.8 Å². The quantitative estimate of drug-likeness (QED) is 0.200. The number of hydrogen-bond acceptors (Lipinski definition) is 10. The molecule has 0 aliphatic carbocycles. The van der Waals surface area contributed by atoms with E-state index >= 15 is 22.0 Å². The normalized spacial score (nSPS) is 21.3. The summed E-state index contributed by atoms with van der Waals surface area (Å²) in [6, 6.07) is 2.55. The summed E-state index contributed by atoms with van der Waals surface area (Å²) < 4.78 is 106. The molecule has 62 heavy (non-hydrogen) atoms. The summed E-state index contributed by atoms with van der Waals surface area (Å²) in [5, 5.41) is 2.46. The summed E-state index contributed by atoms with van der Waals surface area (Å²) in [7, 11) is 1.26. The minimum atomic E-state index is -5.07. The van der Waals surface area contributed by atoms with Gasteiger partial charge in [-0.1, -0.05) is 19.9 Å². The van der Waals surface area contributed by atoms with E-state index in [2.05, 4.69) is 20.2 Å². The minimum Gasteiger partial charge on any atom is -0.467 e. The molecule has 2 aromatic heterocycles. The predicted octanol–water partition coefficient (Wildman–Crippen LogP) is 11.3. The van der Waals surface area contributed by atoms with Crippen molar-refractivity contribution in [3.8, 4) is 17.1 Å². The second kappa shape index (κ2) is 17.9. The molecule has 0 spiro atoms. The van der Waals surface area contributed by atoms with Gasteiger partial charge in [0.05, 0.1) is 29.5 Å². The van der Waals surface area contributed by atoms with Gasteiger partial charge in [-0.05, 0) is 110 Å². The Morgan fingerprint density at radius 2 is 1.55 bits per heavy atom. The van der Waals surface area contributed by atoms with E-state index in [0.29, 0.717) is 25.4 Å². The Kier molecular flexibility index (Phi) is 13.5. The van der Waals surface area contributed by atoms with Gasteiger partial charge in [-0.2, -0.15) is 23.1 Å². The molecule has 18 heteroatoms. The molecule has 2 amide bonds. The molecule has 4 atom stereocenters. The molecule has 4 aliphatic heterocycles. The van der Waals surface area contributed by atoms with Crippen LogP contribution >= 0.6 is 11.3 Å². The van der Waals surface area contributed by atoms with Crippen LogP contribution in [0.5, 0.6) is 6.01 Å². The molecule has 4 unspecified atom stereocenters. The first-order valence-electron chi connectivity index (χ1n) is 21.0. The molecular formula is C44H56F6N6O5S. The number of methoxy groups -OCH3 is 1. The Hall–Kier alpha value is -4.58. The fourth-order valence-corrected chi connectivity index (χ4v) is 9.90. The second-order valence-electron chi connectivity index (χ2n) is 17.8. The molecule has 4 aliphatic rings. The van der Waals surface area contributed by atoms with Crippen molar-refractivity contribution >= 4 is 55.3 Å². The van der Waals surface area contributed by atoms with Crippen molar-refractivity contribution in [3.05, 3.63) is 41.0 Å². The molecule has 2 aromatic carbocycles. The van der Waals surface area contributed by atoms with Crippen LogP contribution in [-0.2, 0) is 15.7 Å². The zero-order valence-corrected chi connectivity index (χ0v) is 37.7. The maximum atomic E-state index is 16.9. The number of piperazine rings is 1. The monoisotopic (exact) mass is 894 g/mol. The lowest BCUT2D eigenvalue weighted by Gasteiger charge is -2.42. The summed E-state index contributed by atoms with van der Waals surface area (Å²) in [6.45, 7) is 18.0. The maximum absolute atomic E-state index is 16.9. The minimum absolute atomic E-state index is 0.00843. The first kappa shape index (κ1) is 46.9. The number of anilines is 2. The van der Waals surface area contributed by atoms with Crippen LogP contribution in [0.25, 0.3) is 32.1 Å². The summed E-state index contributed by atoms with van der Waals surface area (Å²) in [5.41, 5.74) is -4.19. The maximum Gasteiger partial charge on any atom is 0.417 e. The van der Waals surface area contributed by atoms with E-state index in [1.54, 1.807) is 51.3 Å². The molecule has 4 aromatic rings. The fourth-order valence-electron chi connectivity index (χ4n) is 8.77. The molecule has 2 bridgehead atoms. The zero-order valence-electron chi connectivity index (χ0n) is 36.9. The first-order valence-corrected chi connectivity index (χ1v) is 21.9. The topological polar surface area (TPSA) is 109 Å². The predicted molar refractivity (Wildman–Crippen MR) is 229 cm³/mol. The Balaban J connectivity index is 0.000000507. The number of rotatable bonds is 4. The van der Waals surface area contributed by atoms with E-state index in [0.717, 1.165) is 42.5 Å². The van der Waals surface area contributed by atoms with E-state index in [-0.39, 0.29) is 68.6 Å². The average Bonchev–Trinajstić information content (AvgIpc) is 3.92. The number of aryl methyl sites for hydroxylation is 1. The van der Waals surface area contributed by atoms with Gasteiger partial charge in [0.1, 0.15) is 39.5 Å². The lowest BCUT2D eigenvalue weighted by Crippen LogP contribution is -2.57. The van der Waals surface area contributed by atoms with Crippen molar-refractivity contribution in [1.29, 1.82) is 0 Å². The van der Waals surface area contributed by atoms with Crippen molar-refractivity contribution in [2.45, 2.75) is 136 Å². The highest BCUT2D eigenvalue weighted by atomic mass is 32.1. The van der Waals surface area contributed by atoms with Crippen LogP contribution in [0.3, 0.4) is 0 Å². The molecular weight excluding hydrogens is 839 g/mol. The number of fused-ring (bicyclic) bond motifs is 5. The molecule has 0 saturated carbocycles. The molecule has 4 saturated heterocycles.